The highest BCUT2D eigenvalue weighted by molar-refractivity contribution is 6.31. The Morgan fingerprint density at radius 1 is 1.20 bits per heavy atom. The van der Waals surface area contributed by atoms with Crippen molar-refractivity contribution >= 4 is 17.4 Å². The Morgan fingerprint density at radius 3 is 2.40 bits per heavy atom. The summed E-state index contributed by atoms with van der Waals surface area (Å²) in [7, 11) is 0. The van der Waals surface area contributed by atoms with Gasteiger partial charge < -0.3 is 4.74 Å². The lowest BCUT2D eigenvalue weighted by Crippen LogP contribution is -2.31. The lowest BCUT2D eigenvalue weighted by atomic mass is 10.1. The van der Waals surface area contributed by atoms with Crippen LogP contribution < -0.4 is 4.74 Å². The fourth-order valence-corrected chi connectivity index (χ4v) is 2.36. The van der Waals surface area contributed by atoms with Crippen molar-refractivity contribution in [2.24, 2.45) is 0 Å². The molecule has 0 aliphatic rings. The molecule has 0 unspecified atom stereocenters. The van der Waals surface area contributed by atoms with Crippen LogP contribution >= 0.6 is 11.6 Å². The minimum absolute atomic E-state index is 0.0675. The van der Waals surface area contributed by atoms with Gasteiger partial charge in [0, 0.05) is 5.02 Å². The first-order chi connectivity index (χ1) is 9.62. The third kappa shape index (κ3) is 5.14. The molecule has 0 aromatic heterocycles. The lowest BCUT2D eigenvalue weighted by molar-refractivity contribution is 0.0927. The number of benzene rings is 1. The van der Waals surface area contributed by atoms with Gasteiger partial charge in [-0.05, 0) is 51.1 Å². The first-order valence-electron chi connectivity index (χ1n) is 7.30. The highest BCUT2D eigenvalue weighted by Crippen LogP contribution is 2.23. The van der Waals surface area contributed by atoms with E-state index in [1.54, 1.807) is 18.2 Å². The second-order valence-corrected chi connectivity index (χ2v) is 5.21. The quantitative estimate of drug-likeness (QED) is 0.644. The van der Waals surface area contributed by atoms with Crippen LogP contribution in [0.15, 0.2) is 18.2 Å². The number of carbonyl (C=O) groups excluding carboxylic acids is 1. The monoisotopic (exact) mass is 297 g/mol. The van der Waals surface area contributed by atoms with Crippen LogP contribution in [0.1, 0.15) is 44.0 Å². The van der Waals surface area contributed by atoms with E-state index >= 15 is 0 Å². The van der Waals surface area contributed by atoms with Crippen molar-refractivity contribution in [2.75, 3.05) is 26.2 Å². The van der Waals surface area contributed by atoms with Crippen LogP contribution in [0, 0.1) is 0 Å². The van der Waals surface area contributed by atoms with Crippen molar-refractivity contribution in [3.63, 3.8) is 0 Å². The highest BCUT2D eigenvalue weighted by atomic mass is 35.5. The van der Waals surface area contributed by atoms with Gasteiger partial charge in [0.1, 0.15) is 5.75 Å². The van der Waals surface area contributed by atoms with Crippen LogP contribution in [0.25, 0.3) is 0 Å². The van der Waals surface area contributed by atoms with E-state index in [0.717, 1.165) is 25.9 Å². The van der Waals surface area contributed by atoms with Gasteiger partial charge in [0.25, 0.3) is 0 Å². The van der Waals surface area contributed by atoms with Crippen LogP contribution in [0.2, 0.25) is 5.02 Å². The zero-order valence-electron chi connectivity index (χ0n) is 12.6. The minimum atomic E-state index is 0.0675. The maximum Gasteiger partial charge on any atom is 0.180 e. The highest BCUT2D eigenvalue weighted by Gasteiger charge is 2.16. The number of ketones is 1. The molecule has 0 saturated heterocycles. The number of carbonyl (C=O) groups is 1. The zero-order chi connectivity index (χ0) is 15.0. The molecule has 1 aromatic rings. The summed E-state index contributed by atoms with van der Waals surface area (Å²) < 4.78 is 5.52. The maximum absolute atomic E-state index is 12.5. The predicted octanol–water partition coefficient (Wildman–Crippen LogP) is 4.04. The first-order valence-corrected chi connectivity index (χ1v) is 7.68. The summed E-state index contributed by atoms with van der Waals surface area (Å²) in [4.78, 5) is 14.7. The molecule has 3 nitrogen and oxygen atoms in total. The Bertz CT molecular complexity index is 428. The lowest BCUT2D eigenvalue weighted by Gasteiger charge is -2.20. The minimum Gasteiger partial charge on any atom is -0.493 e. The maximum atomic E-state index is 12.5. The normalized spacial score (nSPS) is 10.8. The zero-order valence-corrected chi connectivity index (χ0v) is 13.4. The summed E-state index contributed by atoms with van der Waals surface area (Å²) in [5.41, 5.74) is 0.580. The van der Waals surface area contributed by atoms with E-state index in [4.69, 9.17) is 16.3 Å². The van der Waals surface area contributed by atoms with Gasteiger partial charge in [-0.2, -0.15) is 0 Å². The number of halogens is 1. The van der Waals surface area contributed by atoms with E-state index < -0.39 is 0 Å². The molecule has 0 radical (unpaired) electrons. The molecule has 0 aliphatic heterocycles. The van der Waals surface area contributed by atoms with Crippen LogP contribution in [-0.2, 0) is 0 Å². The van der Waals surface area contributed by atoms with Gasteiger partial charge >= 0.3 is 0 Å². The number of ether oxygens (including phenoxy) is 1. The molecule has 0 bridgehead atoms. The van der Waals surface area contributed by atoms with Gasteiger partial charge in [-0.25, -0.2) is 0 Å². The van der Waals surface area contributed by atoms with Crippen molar-refractivity contribution in [3.8, 4) is 5.75 Å². The Kier molecular flexibility index (Phi) is 7.63. The molecule has 0 amide bonds. The van der Waals surface area contributed by atoms with Gasteiger partial charge in [0.2, 0.25) is 0 Å². The Hall–Kier alpha value is -1.06. The summed E-state index contributed by atoms with van der Waals surface area (Å²) in [5, 5.41) is 0.564. The Labute approximate surface area is 126 Å². The topological polar surface area (TPSA) is 29.5 Å². The van der Waals surface area contributed by atoms with E-state index in [-0.39, 0.29) is 5.78 Å². The third-order valence-electron chi connectivity index (χ3n) is 2.99. The van der Waals surface area contributed by atoms with Gasteiger partial charge in [-0.1, -0.05) is 25.4 Å². The second-order valence-electron chi connectivity index (χ2n) is 4.77. The summed E-state index contributed by atoms with van der Waals surface area (Å²) in [6.45, 7) is 8.98. The molecule has 1 aromatic carbocycles. The molecule has 1 rings (SSSR count). The van der Waals surface area contributed by atoms with E-state index in [2.05, 4.69) is 18.7 Å². The summed E-state index contributed by atoms with van der Waals surface area (Å²) in [6.07, 6.45) is 2.09. The fourth-order valence-electron chi connectivity index (χ4n) is 2.19. The van der Waals surface area contributed by atoms with Crippen LogP contribution in [0.3, 0.4) is 0 Å². The van der Waals surface area contributed by atoms with Crippen molar-refractivity contribution in [2.45, 2.75) is 33.6 Å². The van der Waals surface area contributed by atoms with E-state index in [9.17, 15) is 4.79 Å². The average Bonchev–Trinajstić information content (AvgIpc) is 2.41. The summed E-state index contributed by atoms with van der Waals surface area (Å²) in [5.74, 6) is 0.688. The Morgan fingerprint density at radius 2 is 1.85 bits per heavy atom. The molecule has 20 heavy (non-hydrogen) atoms. The summed E-state index contributed by atoms with van der Waals surface area (Å²) in [6, 6.07) is 5.22. The SMILES string of the molecule is CCCN(CCC)CC(=O)c1cc(Cl)ccc1OCC. The van der Waals surface area contributed by atoms with Crippen LogP contribution in [0.4, 0.5) is 0 Å². The standard InChI is InChI=1S/C16H24ClNO2/c1-4-9-18(10-5-2)12-15(19)14-11-13(17)7-8-16(14)20-6-3/h7-8,11H,4-6,9-10,12H2,1-3H3. The summed E-state index contributed by atoms with van der Waals surface area (Å²) >= 11 is 6.00. The van der Waals surface area contributed by atoms with Crippen molar-refractivity contribution in [1.29, 1.82) is 0 Å². The molecule has 112 valence electrons. The van der Waals surface area contributed by atoms with Crippen LogP contribution in [-0.4, -0.2) is 36.9 Å². The van der Waals surface area contributed by atoms with Crippen molar-refractivity contribution < 1.29 is 9.53 Å². The van der Waals surface area contributed by atoms with Crippen molar-refractivity contribution in [3.05, 3.63) is 28.8 Å². The molecule has 0 aliphatic carbocycles. The number of Topliss-reactive ketones (excluding diaryl/α,β-unsaturated/α-hetero) is 1. The molecule has 0 spiro atoms. The largest absolute Gasteiger partial charge is 0.493 e. The molecular weight excluding hydrogens is 274 g/mol. The Balaban J connectivity index is 2.86. The second kappa shape index (κ2) is 8.98. The number of hydrogen-bond acceptors (Lipinski definition) is 3. The average molecular weight is 298 g/mol. The molecule has 0 N–H and O–H groups in total. The molecule has 0 saturated carbocycles. The van der Waals surface area contributed by atoms with Gasteiger partial charge in [0.05, 0.1) is 18.7 Å². The molecular formula is C16H24ClNO2. The molecule has 0 atom stereocenters. The van der Waals surface area contributed by atoms with Crippen LogP contribution in [0.5, 0.6) is 5.75 Å². The number of nitrogens with zero attached hydrogens (tertiary/aromatic N) is 1. The van der Waals surface area contributed by atoms with E-state index in [0.29, 0.717) is 29.5 Å². The molecule has 0 heterocycles. The smallest absolute Gasteiger partial charge is 0.180 e. The van der Waals surface area contributed by atoms with E-state index in [1.807, 2.05) is 6.92 Å². The number of rotatable bonds is 9. The van der Waals surface area contributed by atoms with Gasteiger partial charge in [0.15, 0.2) is 5.78 Å². The molecule has 0 fully saturated rings. The third-order valence-corrected chi connectivity index (χ3v) is 3.22. The number of hydrogen-bond donors (Lipinski definition) is 0. The fraction of sp³-hybridized carbons (Fsp3) is 0.562. The van der Waals surface area contributed by atoms with Gasteiger partial charge in [-0.3, -0.25) is 9.69 Å². The molecule has 4 heteroatoms. The van der Waals surface area contributed by atoms with Crippen molar-refractivity contribution in [1.82, 2.24) is 4.90 Å². The predicted molar refractivity (Wildman–Crippen MR) is 84.0 cm³/mol. The van der Waals surface area contributed by atoms with Gasteiger partial charge in [-0.15, -0.1) is 0 Å². The van der Waals surface area contributed by atoms with E-state index in [1.165, 1.54) is 0 Å². The first kappa shape index (κ1) is 17.0.